The van der Waals surface area contributed by atoms with Crippen LogP contribution in [0.1, 0.15) is 39.2 Å². The summed E-state index contributed by atoms with van der Waals surface area (Å²) < 4.78 is 0. The van der Waals surface area contributed by atoms with Crippen molar-refractivity contribution < 1.29 is 5.11 Å². The zero-order valence-electron chi connectivity index (χ0n) is 24.2. The summed E-state index contributed by atoms with van der Waals surface area (Å²) in [7, 11) is 0. The van der Waals surface area contributed by atoms with Crippen LogP contribution in [0.15, 0.2) is 97.3 Å². The normalized spacial score (nSPS) is 11.4. The van der Waals surface area contributed by atoms with Gasteiger partial charge in [-0.25, -0.2) is 0 Å². The van der Waals surface area contributed by atoms with Crippen LogP contribution in [0.4, 0.5) is 0 Å². The van der Waals surface area contributed by atoms with Gasteiger partial charge in [0.15, 0.2) is 0 Å². The quantitative estimate of drug-likeness (QED) is 0.144. The number of halogens is 4. The van der Waals surface area contributed by atoms with Crippen molar-refractivity contribution in [1.29, 1.82) is 0 Å². The van der Waals surface area contributed by atoms with E-state index in [2.05, 4.69) is 19.8 Å². The highest BCUT2D eigenvalue weighted by Crippen LogP contribution is 2.32. The van der Waals surface area contributed by atoms with Crippen molar-refractivity contribution in [2.24, 2.45) is 0 Å². The predicted octanol–water partition coefficient (Wildman–Crippen LogP) is 9.51. The number of pyridine rings is 2. The van der Waals surface area contributed by atoms with Gasteiger partial charge in [-0.1, -0.05) is 88.4 Å². The maximum absolute atomic E-state index is 11.7. The van der Waals surface area contributed by atoms with E-state index in [1.807, 2.05) is 91.9 Å². The Bertz CT molecular complexity index is 1540. The molecule has 2 aromatic heterocycles. The van der Waals surface area contributed by atoms with Crippen molar-refractivity contribution >= 4 is 46.4 Å². The van der Waals surface area contributed by atoms with E-state index in [0.717, 1.165) is 39.2 Å². The molecule has 5 aromatic rings. The number of hydrogen-bond donors (Lipinski definition) is 1. The second kappa shape index (κ2) is 15.2. The van der Waals surface area contributed by atoms with Crippen LogP contribution < -0.4 is 0 Å². The minimum Gasteiger partial charge on any atom is -0.507 e. The zero-order chi connectivity index (χ0) is 31.1. The Morgan fingerprint density at radius 3 is 1.32 bits per heavy atom. The van der Waals surface area contributed by atoms with Crippen LogP contribution in [0.3, 0.4) is 0 Å². The Balaban J connectivity index is 1.46. The molecular formula is C35H32Cl4N4O. The van der Waals surface area contributed by atoms with Gasteiger partial charge in [0.25, 0.3) is 0 Å². The maximum atomic E-state index is 11.7. The third-order valence-corrected chi connectivity index (χ3v) is 8.73. The molecule has 2 heterocycles. The van der Waals surface area contributed by atoms with Crippen LogP contribution >= 0.6 is 46.4 Å². The third kappa shape index (κ3) is 8.51. The number of benzene rings is 3. The number of phenols is 1. The minimum atomic E-state index is 0.239. The van der Waals surface area contributed by atoms with Crippen LogP contribution in [0.25, 0.3) is 0 Å². The van der Waals surface area contributed by atoms with Crippen molar-refractivity contribution in [2.45, 2.75) is 46.2 Å². The molecule has 0 atom stereocenters. The van der Waals surface area contributed by atoms with Crippen LogP contribution in [-0.4, -0.2) is 24.9 Å². The molecule has 9 heteroatoms. The Labute approximate surface area is 278 Å². The van der Waals surface area contributed by atoms with Gasteiger partial charge in [-0.3, -0.25) is 19.8 Å². The van der Waals surface area contributed by atoms with Crippen molar-refractivity contribution in [3.8, 4) is 5.75 Å². The van der Waals surface area contributed by atoms with E-state index in [9.17, 15) is 5.11 Å². The lowest BCUT2D eigenvalue weighted by Gasteiger charge is -2.26. The number of phenolic OH excluding ortho intramolecular Hbond substituents is 1. The summed E-state index contributed by atoms with van der Waals surface area (Å²) in [6, 6.07) is 26.8. The Hall–Kier alpha value is -3.16. The van der Waals surface area contributed by atoms with E-state index < -0.39 is 0 Å². The first-order valence-electron chi connectivity index (χ1n) is 14.2. The lowest BCUT2D eigenvalue weighted by molar-refractivity contribution is 0.234. The second-order valence-electron chi connectivity index (χ2n) is 10.8. The van der Waals surface area contributed by atoms with Crippen molar-refractivity contribution in [3.63, 3.8) is 0 Å². The van der Waals surface area contributed by atoms with Crippen molar-refractivity contribution in [2.75, 3.05) is 0 Å². The molecule has 0 spiro atoms. The highest BCUT2D eigenvalue weighted by Gasteiger charge is 2.20. The largest absolute Gasteiger partial charge is 0.507 e. The second-order valence-corrected chi connectivity index (χ2v) is 12.4. The molecule has 0 amide bonds. The van der Waals surface area contributed by atoms with E-state index in [4.69, 9.17) is 46.4 Å². The van der Waals surface area contributed by atoms with E-state index in [1.165, 1.54) is 0 Å². The average molecular weight is 666 g/mol. The van der Waals surface area contributed by atoms with Crippen LogP contribution in [0, 0.1) is 6.92 Å². The molecule has 3 aromatic carbocycles. The van der Waals surface area contributed by atoms with Gasteiger partial charge in [-0.2, -0.15) is 0 Å². The highest BCUT2D eigenvalue weighted by atomic mass is 35.5. The summed E-state index contributed by atoms with van der Waals surface area (Å²) in [4.78, 5) is 13.4. The van der Waals surface area contributed by atoms with Gasteiger partial charge in [-0.15, -0.1) is 0 Å². The molecule has 0 saturated carbocycles. The van der Waals surface area contributed by atoms with Crippen LogP contribution in [-0.2, 0) is 39.3 Å². The van der Waals surface area contributed by atoms with E-state index in [0.29, 0.717) is 59.4 Å². The SMILES string of the molecule is Cc1cc(CN(Cc2ccccn2)Cc2c(Cl)cccc2Cl)c(O)c(CN(Cc2ccccn2)Cc2c(Cl)cccc2Cl)c1. The molecular weight excluding hydrogens is 634 g/mol. The molecule has 0 radical (unpaired) electrons. The third-order valence-electron chi connectivity index (χ3n) is 7.31. The van der Waals surface area contributed by atoms with Crippen LogP contribution in [0.2, 0.25) is 20.1 Å². The molecule has 0 aliphatic rings. The maximum Gasteiger partial charge on any atom is 0.124 e. The fraction of sp³-hybridized carbons (Fsp3) is 0.200. The standard InChI is InChI=1S/C35H32Cl4N4O/c1-24-16-25(18-42(20-27-8-2-4-14-40-27)22-29-31(36)10-6-11-32(29)37)35(44)26(17-24)19-43(21-28-9-3-5-15-41-28)23-30-33(38)12-7-13-34(30)39/h2-17,44H,18-23H2,1H3. The van der Waals surface area contributed by atoms with Crippen molar-refractivity contribution in [1.82, 2.24) is 19.8 Å². The molecule has 1 N–H and O–H groups in total. The Morgan fingerprint density at radius 1 is 0.545 bits per heavy atom. The molecule has 0 unspecified atom stereocenters. The number of nitrogens with zero attached hydrogens (tertiary/aromatic N) is 4. The first-order valence-corrected chi connectivity index (χ1v) is 15.7. The summed E-state index contributed by atoms with van der Waals surface area (Å²) in [5.41, 5.74) is 6.10. The summed E-state index contributed by atoms with van der Waals surface area (Å²) in [6.45, 7) is 4.99. The molecule has 0 aliphatic heterocycles. The lowest BCUT2D eigenvalue weighted by Crippen LogP contribution is -2.25. The molecule has 5 rings (SSSR count). The molecule has 44 heavy (non-hydrogen) atoms. The molecule has 0 bridgehead atoms. The smallest absolute Gasteiger partial charge is 0.124 e. The highest BCUT2D eigenvalue weighted by molar-refractivity contribution is 6.36. The van der Waals surface area contributed by atoms with Gasteiger partial charge in [0, 0.05) is 94.0 Å². The predicted molar refractivity (Wildman–Crippen MR) is 180 cm³/mol. The number of aromatic hydroxyl groups is 1. The fourth-order valence-electron chi connectivity index (χ4n) is 5.25. The Kier molecular flexibility index (Phi) is 11.2. The number of aromatic nitrogens is 2. The minimum absolute atomic E-state index is 0.239. The molecule has 226 valence electrons. The Morgan fingerprint density at radius 2 is 0.955 bits per heavy atom. The summed E-state index contributed by atoms with van der Waals surface area (Å²) in [5.74, 6) is 0.239. The van der Waals surface area contributed by atoms with Gasteiger partial charge >= 0.3 is 0 Å². The monoisotopic (exact) mass is 664 g/mol. The van der Waals surface area contributed by atoms with Crippen LogP contribution in [0.5, 0.6) is 5.75 Å². The molecule has 0 saturated heterocycles. The van der Waals surface area contributed by atoms with Gasteiger partial charge in [0.05, 0.1) is 11.4 Å². The van der Waals surface area contributed by atoms with Crippen molar-refractivity contribution in [3.05, 3.63) is 157 Å². The zero-order valence-corrected chi connectivity index (χ0v) is 27.3. The number of rotatable bonds is 12. The topological polar surface area (TPSA) is 52.5 Å². The number of aryl methyl sites for hydroxylation is 1. The fourth-order valence-corrected chi connectivity index (χ4v) is 6.28. The summed E-state index contributed by atoms with van der Waals surface area (Å²) >= 11 is 26.3. The van der Waals surface area contributed by atoms with Gasteiger partial charge in [0.1, 0.15) is 5.75 Å². The lowest BCUT2D eigenvalue weighted by atomic mass is 10.0. The summed E-state index contributed by atoms with van der Waals surface area (Å²) in [5, 5.41) is 14.1. The summed E-state index contributed by atoms with van der Waals surface area (Å²) in [6.07, 6.45) is 3.55. The molecule has 0 fully saturated rings. The average Bonchev–Trinajstić information content (AvgIpc) is 3.00. The van der Waals surface area contributed by atoms with Gasteiger partial charge in [-0.05, 0) is 55.5 Å². The first kappa shape index (κ1) is 32.2. The van der Waals surface area contributed by atoms with Gasteiger partial charge < -0.3 is 5.11 Å². The number of hydrogen-bond acceptors (Lipinski definition) is 5. The van der Waals surface area contributed by atoms with E-state index in [1.54, 1.807) is 12.4 Å². The molecule has 5 nitrogen and oxygen atoms in total. The van der Waals surface area contributed by atoms with E-state index in [-0.39, 0.29) is 5.75 Å². The molecule has 0 aliphatic carbocycles. The van der Waals surface area contributed by atoms with Gasteiger partial charge in [0.2, 0.25) is 0 Å². The van der Waals surface area contributed by atoms with E-state index >= 15 is 0 Å². The first-order chi connectivity index (χ1) is 21.3.